The van der Waals surface area contributed by atoms with Crippen LogP contribution < -0.4 is 14.9 Å². The van der Waals surface area contributed by atoms with Gasteiger partial charge in [0, 0.05) is 34.0 Å². The van der Waals surface area contributed by atoms with Crippen LogP contribution in [0, 0.1) is 0 Å². The number of rotatable bonds is 8. The van der Waals surface area contributed by atoms with E-state index in [2.05, 4.69) is 10.5 Å². The van der Waals surface area contributed by atoms with E-state index in [1.807, 2.05) is 30.3 Å². The molecule has 1 aromatic heterocycles. The molecule has 0 aliphatic heterocycles. The standard InChI is InChI=1S/C26H23ClN4O5/c1-35-23-8-7-16(11-24(23)36-2)25-19(15-31(30-25)14-17-5-3-4-6-22(17)27)13-28-29-26(34)18-9-20(32)12-21(33)10-18/h3-13,15,32-33H,14H2,1-2H3,(H,29,34)/b28-13-. The van der Waals surface area contributed by atoms with Gasteiger partial charge in [0.15, 0.2) is 11.5 Å². The van der Waals surface area contributed by atoms with E-state index in [1.54, 1.807) is 37.2 Å². The predicted octanol–water partition coefficient (Wildman–Crippen LogP) is 4.44. The maximum absolute atomic E-state index is 12.4. The van der Waals surface area contributed by atoms with Gasteiger partial charge in [-0.2, -0.15) is 10.2 Å². The summed E-state index contributed by atoms with van der Waals surface area (Å²) in [5, 5.41) is 28.6. The number of halogens is 1. The lowest BCUT2D eigenvalue weighted by Gasteiger charge is -2.09. The fraction of sp³-hybridized carbons (Fsp3) is 0.115. The van der Waals surface area contributed by atoms with E-state index >= 15 is 0 Å². The highest BCUT2D eigenvalue weighted by Gasteiger charge is 2.15. The van der Waals surface area contributed by atoms with Crippen LogP contribution in [0.25, 0.3) is 11.3 Å². The number of aromatic nitrogens is 2. The van der Waals surface area contributed by atoms with Gasteiger partial charge in [0.25, 0.3) is 5.91 Å². The van der Waals surface area contributed by atoms with Crippen molar-refractivity contribution in [3.8, 4) is 34.3 Å². The number of benzene rings is 3. The molecule has 36 heavy (non-hydrogen) atoms. The SMILES string of the molecule is COc1ccc(-c2nn(Cc3ccccc3Cl)cc2/C=N\NC(=O)c2cc(O)cc(O)c2)cc1OC. The molecule has 0 saturated carbocycles. The zero-order valence-corrected chi connectivity index (χ0v) is 20.2. The van der Waals surface area contributed by atoms with Gasteiger partial charge >= 0.3 is 0 Å². The van der Waals surface area contributed by atoms with Crippen LogP contribution in [0.15, 0.2) is 72.0 Å². The van der Waals surface area contributed by atoms with Crippen LogP contribution in [-0.4, -0.2) is 46.3 Å². The molecular weight excluding hydrogens is 484 g/mol. The van der Waals surface area contributed by atoms with E-state index in [-0.39, 0.29) is 17.1 Å². The van der Waals surface area contributed by atoms with Crippen molar-refractivity contribution in [2.45, 2.75) is 6.54 Å². The van der Waals surface area contributed by atoms with Gasteiger partial charge in [-0.3, -0.25) is 9.48 Å². The number of carbonyl (C=O) groups excluding carboxylic acids is 1. The summed E-state index contributed by atoms with van der Waals surface area (Å²) >= 11 is 6.33. The summed E-state index contributed by atoms with van der Waals surface area (Å²) in [6.07, 6.45) is 3.24. The number of carbonyl (C=O) groups is 1. The Morgan fingerprint density at radius 1 is 1.06 bits per heavy atom. The van der Waals surface area contributed by atoms with Crippen LogP contribution in [0.1, 0.15) is 21.5 Å². The number of methoxy groups -OCH3 is 2. The molecule has 1 heterocycles. The summed E-state index contributed by atoms with van der Waals surface area (Å²) in [6, 6.07) is 16.5. The fourth-order valence-corrected chi connectivity index (χ4v) is 3.77. The second-order valence-corrected chi connectivity index (χ2v) is 8.14. The minimum atomic E-state index is -0.603. The average molecular weight is 507 g/mol. The number of nitrogens with zero attached hydrogens (tertiary/aromatic N) is 3. The molecule has 0 aliphatic rings. The highest BCUT2D eigenvalue weighted by atomic mass is 35.5. The van der Waals surface area contributed by atoms with Gasteiger partial charge in [-0.1, -0.05) is 29.8 Å². The molecule has 184 valence electrons. The molecule has 4 aromatic rings. The number of phenolic OH excluding ortho intramolecular Hbond substituents is 2. The maximum Gasteiger partial charge on any atom is 0.271 e. The summed E-state index contributed by atoms with van der Waals surface area (Å²) in [7, 11) is 3.11. The third-order valence-corrected chi connectivity index (χ3v) is 5.64. The first-order chi connectivity index (χ1) is 17.4. The summed E-state index contributed by atoms with van der Waals surface area (Å²) in [6.45, 7) is 0.419. The van der Waals surface area contributed by atoms with Crippen molar-refractivity contribution in [3.05, 3.63) is 88.6 Å². The average Bonchev–Trinajstić information content (AvgIpc) is 3.26. The molecule has 0 atom stereocenters. The molecule has 0 aliphatic carbocycles. The van der Waals surface area contributed by atoms with Crippen molar-refractivity contribution in [3.63, 3.8) is 0 Å². The topological polar surface area (TPSA) is 118 Å². The Kier molecular flexibility index (Phi) is 7.41. The molecule has 0 spiro atoms. The Hall–Kier alpha value is -4.50. The maximum atomic E-state index is 12.4. The molecule has 0 unspecified atom stereocenters. The van der Waals surface area contributed by atoms with Gasteiger partial charge in [-0.05, 0) is 42.0 Å². The second-order valence-electron chi connectivity index (χ2n) is 7.73. The van der Waals surface area contributed by atoms with Crippen LogP contribution >= 0.6 is 11.6 Å². The molecule has 0 fully saturated rings. The van der Waals surface area contributed by atoms with Crippen molar-refractivity contribution < 1.29 is 24.5 Å². The van der Waals surface area contributed by atoms with Gasteiger partial charge in [0.2, 0.25) is 0 Å². The fourth-order valence-electron chi connectivity index (χ4n) is 3.57. The summed E-state index contributed by atoms with van der Waals surface area (Å²) in [5.74, 6) is 0.0409. The van der Waals surface area contributed by atoms with Crippen LogP contribution in [-0.2, 0) is 6.54 Å². The van der Waals surface area contributed by atoms with Crippen LogP contribution in [0.4, 0.5) is 0 Å². The molecule has 0 radical (unpaired) electrons. The number of ether oxygens (including phenoxy) is 2. The Morgan fingerprint density at radius 3 is 2.47 bits per heavy atom. The van der Waals surface area contributed by atoms with Gasteiger partial charge in [-0.15, -0.1) is 0 Å². The summed E-state index contributed by atoms with van der Waals surface area (Å²) < 4.78 is 12.5. The molecule has 4 rings (SSSR count). The number of aromatic hydroxyl groups is 2. The third kappa shape index (κ3) is 5.59. The molecule has 9 nitrogen and oxygen atoms in total. The van der Waals surface area contributed by atoms with E-state index in [0.717, 1.165) is 17.2 Å². The van der Waals surface area contributed by atoms with Crippen LogP contribution in [0.2, 0.25) is 5.02 Å². The van der Waals surface area contributed by atoms with Crippen LogP contribution in [0.3, 0.4) is 0 Å². The number of hydrogen-bond donors (Lipinski definition) is 3. The van der Waals surface area contributed by atoms with Crippen LogP contribution in [0.5, 0.6) is 23.0 Å². The van der Waals surface area contributed by atoms with Crippen molar-refractivity contribution in [2.75, 3.05) is 14.2 Å². The number of hydrazone groups is 1. The van der Waals surface area contributed by atoms with E-state index in [9.17, 15) is 15.0 Å². The van der Waals surface area contributed by atoms with E-state index in [0.29, 0.717) is 34.3 Å². The Morgan fingerprint density at radius 2 is 1.78 bits per heavy atom. The monoisotopic (exact) mass is 506 g/mol. The molecule has 3 aromatic carbocycles. The largest absolute Gasteiger partial charge is 0.508 e. The molecule has 3 N–H and O–H groups in total. The molecule has 1 amide bonds. The second kappa shape index (κ2) is 10.8. The normalized spacial score (nSPS) is 11.0. The molecule has 10 heteroatoms. The lowest BCUT2D eigenvalue weighted by Crippen LogP contribution is -2.17. The van der Waals surface area contributed by atoms with Crippen molar-refractivity contribution in [1.29, 1.82) is 0 Å². The number of amides is 1. The van der Waals surface area contributed by atoms with E-state index in [4.69, 9.17) is 26.2 Å². The first kappa shape index (κ1) is 24.6. The van der Waals surface area contributed by atoms with Crippen molar-refractivity contribution >= 4 is 23.7 Å². The Balaban J connectivity index is 1.66. The summed E-state index contributed by atoms with van der Waals surface area (Å²) in [5.41, 5.74) is 5.30. The lowest BCUT2D eigenvalue weighted by atomic mass is 10.1. The highest BCUT2D eigenvalue weighted by Crippen LogP contribution is 2.33. The number of hydrogen-bond acceptors (Lipinski definition) is 7. The quantitative estimate of drug-likeness (QED) is 0.240. The van der Waals surface area contributed by atoms with Gasteiger partial charge in [0.1, 0.15) is 17.2 Å². The van der Waals surface area contributed by atoms with Gasteiger partial charge < -0.3 is 19.7 Å². The van der Waals surface area contributed by atoms with Crippen molar-refractivity contribution in [2.24, 2.45) is 5.10 Å². The zero-order chi connectivity index (χ0) is 25.7. The third-order valence-electron chi connectivity index (χ3n) is 5.27. The van der Waals surface area contributed by atoms with Gasteiger partial charge in [-0.25, -0.2) is 5.43 Å². The van der Waals surface area contributed by atoms with Crippen molar-refractivity contribution in [1.82, 2.24) is 15.2 Å². The lowest BCUT2D eigenvalue weighted by molar-refractivity contribution is 0.0954. The molecular formula is C26H23ClN4O5. The summed E-state index contributed by atoms with van der Waals surface area (Å²) in [4.78, 5) is 12.4. The van der Waals surface area contributed by atoms with E-state index in [1.165, 1.54) is 18.3 Å². The first-order valence-corrected chi connectivity index (χ1v) is 11.2. The minimum Gasteiger partial charge on any atom is -0.508 e. The first-order valence-electron chi connectivity index (χ1n) is 10.8. The number of nitrogens with one attached hydrogen (secondary N) is 1. The van der Waals surface area contributed by atoms with E-state index < -0.39 is 5.91 Å². The molecule has 0 saturated heterocycles. The predicted molar refractivity (Wildman–Crippen MR) is 136 cm³/mol. The molecule has 0 bridgehead atoms. The minimum absolute atomic E-state index is 0.0548. The smallest absolute Gasteiger partial charge is 0.271 e. The zero-order valence-electron chi connectivity index (χ0n) is 19.5. The Bertz CT molecular complexity index is 1410. The number of phenols is 2. The Labute approximate surface area is 212 Å². The highest BCUT2D eigenvalue weighted by molar-refractivity contribution is 6.31. The van der Waals surface area contributed by atoms with Gasteiger partial charge in [0.05, 0.1) is 27.0 Å².